The largest absolute Gasteiger partial charge is 0.340 e. The summed E-state index contributed by atoms with van der Waals surface area (Å²) in [6.45, 7) is 4.08. The van der Waals surface area contributed by atoms with Gasteiger partial charge < -0.3 is 5.32 Å². The van der Waals surface area contributed by atoms with Crippen LogP contribution in [0.5, 0.6) is 0 Å². The SMILES string of the molecule is Cc1cccc(Nc2nc(C)nc3sc4c(c23)CCCC4)c1. The number of fused-ring (bicyclic) bond motifs is 3. The average molecular weight is 309 g/mol. The average Bonchev–Trinajstić information content (AvgIpc) is 2.85. The number of hydrogen-bond acceptors (Lipinski definition) is 4. The first kappa shape index (κ1) is 13.7. The zero-order valence-corrected chi connectivity index (χ0v) is 13.8. The second kappa shape index (κ2) is 5.36. The van der Waals surface area contributed by atoms with Crippen LogP contribution in [0.4, 0.5) is 11.5 Å². The molecule has 22 heavy (non-hydrogen) atoms. The maximum atomic E-state index is 4.69. The molecule has 0 fully saturated rings. The molecule has 0 radical (unpaired) electrons. The molecule has 1 N–H and O–H groups in total. The Labute approximate surface area is 134 Å². The van der Waals surface area contributed by atoms with Crippen LogP contribution in [0.1, 0.15) is 34.7 Å². The second-order valence-electron chi connectivity index (χ2n) is 6.00. The highest BCUT2D eigenvalue weighted by Crippen LogP contribution is 2.39. The van der Waals surface area contributed by atoms with Gasteiger partial charge in [-0.2, -0.15) is 0 Å². The zero-order valence-electron chi connectivity index (χ0n) is 12.9. The molecule has 0 unspecified atom stereocenters. The van der Waals surface area contributed by atoms with Crippen LogP contribution in [0.2, 0.25) is 0 Å². The highest BCUT2D eigenvalue weighted by molar-refractivity contribution is 7.19. The van der Waals surface area contributed by atoms with E-state index in [1.54, 1.807) is 0 Å². The molecule has 2 heterocycles. The fraction of sp³-hybridized carbons (Fsp3) is 0.333. The van der Waals surface area contributed by atoms with Gasteiger partial charge in [-0.3, -0.25) is 0 Å². The highest BCUT2D eigenvalue weighted by atomic mass is 32.1. The van der Waals surface area contributed by atoms with Crippen molar-refractivity contribution < 1.29 is 0 Å². The van der Waals surface area contributed by atoms with Gasteiger partial charge in [-0.05, 0) is 62.8 Å². The molecule has 4 heteroatoms. The van der Waals surface area contributed by atoms with Gasteiger partial charge in [0, 0.05) is 10.6 Å². The molecule has 3 aromatic rings. The van der Waals surface area contributed by atoms with Gasteiger partial charge in [0.05, 0.1) is 5.39 Å². The summed E-state index contributed by atoms with van der Waals surface area (Å²) in [5.41, 5.74) is 3.82. The second-order valence-corrected chi connectivity index (χ2v) is 7.09. The van der Waals surface area contributed by atoms with Crippen LogP contribution in [0.15, 0.2) is 24.3 Å². The molecule has 1 aliphatic carbocycles. The molecule has 0 spiro atoms. The van der Waals surface area contributed by atoms with Crippen LogP contribution in [0.3, 0.4) is 0 Å². The van der Waals surface area contributed by atoms with Gasteiger partial charge in [-0.1, -0.05) is 12.1 Å². The van der Waals surface area contributed by atoms with Gasteiger partial charge in [0.25, 0.3) is 0 Å². The van der Waals surface area contributed by atoms with E-state index in [1.807, 2.05) is 18.3 Å². The molecule has 4 rings (SSSR count). The van der Waals surface area contributed by atoms with Crippen LogP contribution in [-0.4, -0.2) is 9.97 Å². The first-order valence-electron chi connectivity index (χ1n) is 7.83. The molecule has 0 saturated carbocycles. The first-order chi connectivity index (χ1) is 10.7. The Hall–Kier alpha value is -1.94. The number of hydrogen-bond donors (Lipinski definition) is 1. The van der Waals surface area contributed by atoms with E-state index < -0.39 is 0 Å². The summed E-state index contributed by atoms with van der Waals surface area (Å²) in [5, 5.41) is 4.76. The number of nitrogens with one attached hydrogen (secondary N) is 1. The Morgan fingerprint density at radius 2 is 1.95 bits per heavy atom. The minimum absolute atomic E-state index is 0.834. The molecule has 2 aromatic heterocycles. The number of anilines is 2. The van der Waals surface area contributed by atoms with Gasteiger partial charge in [0.1, 0.15) is 16.5 Å². The van der Waals surface area contributed by atoms with Crippen molar-refractivity contribution in [1.82, 2.24) is 9.97 Å². The lowest BCUT2D eigenvalue weighted by Crippen LogP contribution is -2.02. The molecule has 1 aromatic carbocycles. The van der Waals surface area contributed by atoms with E-state index in [1.165, 1.54) is 40.7 Å². The van der Waals surface area contributed by atoms with E-state index in [4.69, 9.17) is 4.98 Å². The highest BCUT2D eigenvalue weighted by Gasteiger charge is 2.20. The molecular formula is C18H19N3S. The Kier molecular flexibility index (Phi) is 3.34. The van der Waals surface area contributed by atoms with Crippen LogP contribution in [-0.2, 0) is 12.8 Å². The maximum absolute atomic E-state index is 4.69. The van der Waals surface area contributed by atoms with Crippen LogP contribution >= 0.6 is 11.3 Å². The summed E-state index contributed by atoms with van der Waals surface area (Å²) in [5.74, 6) is 1.80. The predicted octanol–water partition coefficient (Wildman–Crippen LogP) is 4.93. The molecular weight excluding hydrogens is 290 g/mol. The topological polar surface area (TPSA) is 37.8 Å². The standard InChI is InChI=1S/C18H19N3S/c1-11-6-5-7-13(10-11)21-17-16-14-8-3-4-9-15(14)22-18(16)20-12(2)19-17/h5-7,10H,3-4,8-9H2,1-2H3,(H,19,20,21). The van der Waals surface area contributed by atoms with E-state index in [-0.39, 0.29) is 0 Å². The normalized spacial score (nSPS) is 14.1. The fourth-order valence-electron chi connectivity index (χ4n) is 3.21. The summed E-state index contributed by atoms with van der Waals surface area (Å²) in [6, 6.07) is 8.43. The lowest BCUT2D eigenvalue weighted by Gasteiger charge is -2.13. The van der Waals surface area contributed by atoms with Gasteiger partial charge >= 0.3 is 0 Å². The molecule has 0 amide bonds. The third-order valence-electron chi connectivity index (χ3n) is 4.21. The van der Waals surface area contributed by atoms with Crippen molar-refractivity contribution in [2.45, 2.75) is 39.5 Å². The lowest BCUT2D eigenvalue weighted by molar-refractivity contribution is 0.700. The van der Waals surface area contributed by atoms with Crippen molar-refractivity contribution in [3.05, 3.63) is 46.1 Å². The van der Waals surface area contributed by atoms with Crippen molar-refractivity contribution in [3.63, 3.8) is 0 Å². The predicted molar refractivity (Wildman–Crippen MR) is 93.3 cm³/mol. The van der Waals surface area contributed by atoms with Crippen molar-refractivity contribution in [1.29, 1.82) is 0 Å². The maximum Gasteiger partial charge on any atom is 0.143 e. The van der Waals surface area contributed by atoms with E-state index in [0.29, 0.717) is 0 Å². The molecule has 112 valence electrons. The Balaban J connectivity index is 1.87. The van der Waals surface area contributed by atoms with Crippen molar-refractivity contribution in [2.24, 2.45) is 0 Å². The van der Waals surface area contributed by atoms with Gasteiger partial charge in [0.15, 0.2) is 0 Å². The Bertz CT molecular complexity index is 851. The van der Waals surface area contributed by atoms with Gasteiger partial charge in [-0.25, -0.2) is 9.97 Å². The molecule has 0 bridgehead atoms. The Morgan fingerprint density at radius 1 is 1.09 bits per heavy atom. The smallest absolute Gasteiger partial charge is 0.143 e. The van der Waals surface area contributed by atoms with E-state index in [9.17, 15) is 0 Å². The Morgan fingerprint density at radius 3 is 2.82 bits per heavy atom. The number of aromatic nitrogens is 2. The van der Waals surface area contributed by atoms with Crippen LogP contribution in [0.25, 0.3) is 10.2 Å². The molecule has 0 saturated heterocycles. The summed E-state index contributed by atoms with van der Waals surface area (Å²) in [7, 11) is 0. The first-order valence-corrected chi connectivity index (χ1v) is 8.65. The van der Waals surface area contributed by atoms with Crippen molar-refractivity contribution in [3.8, 4) is 0 Å². The van der Waals surface area contributed by atoms with E-state index >= 15 is 0 Å². The molecule has 1 aliphatic rings. The lowest BCUT2D eigenvalue weighted by atomic mass is 9.97. The third kappa shape index (κ3) is 2.37. The quantitative estimate of drug-likeness (QED) is 0.729. The minimum Gasteiger partial charge on any atom is -0.340 e. The summed E-state index contributed by atoms with van der Waals surface area (Å²) < 4.78 is 0. The number of aryl methyl sites for hydroxylation is 4. The summed E-state index contributed by atoms with van der Waals surface area (Å²) in [6.07, 6.45) is 4.92. The molecule has 3 nitrogen and oxygen atoms in total. The van der Waals surface area contributed by atoms with Crippen molar-refractivity contribution >= 4 is 33.1 Å². The molecule has 0 atom stereocenters. The summed E-state index contributed by atoms with van der Waals surface area (Å²) in [4.78, 5) is 12.0. The van der Waals surface area contributed by atoms with Gasteiger partial charge in [-0.15, -0.1) is 11.3 Å². The third-order valence-corrected chi connectivity index (χ3v) is 5.39. The van der Waals surface area contributed by atoms with E-state index in [2.05, 4.69) is 41.5 Å². The van der Waals surface area contributed by atoms with Gasteiger partial charge in [0.2, 0.25) is 0 Å². The van der Waals surface area contributed by atoms with E-state index in [0.717, 1.165) is 28.6 Å². The monoisotopic (exact) mass is 309 g/mol. The minimum atomic E-state index is 0.834. The van der Waals surface area contributed by atoms with Crippen LogP contribution in [0, 0.1) is 13.8 Å². The fourth-order valence-corrected chi connectivity index (χ4v) is 4.52. The van der Waals surface area contributed by atoms with Crippen LogP contribution < -0.4 is 5.32 Å². The number of rotatable bonds is 2. The number of nitrogens with zero attached hydrogens (tertiary/aromatic N) is 2. The number of benzene rings is 1. The number of thiophene rings is 1. The van der Waals surface area contributed by atoms with Crippen molar-refractivity contribution in [2.75, 3.05) is 5.32 Å². The molecule has 0 aliphatic heterocycles. The summed E-state index contributed by atoms with van der Waals surface area (Å²) >= 11 is 1.85. The zero-order chi connectivity index (χ0) is 15.1.